The first-order valence-corrected chi connectivity index (χ1v) is 9.81. The summed E-state index contributed by atoms with van der Waals surface area (Å²) in [6, 6.07) is 0. The van der Waals surface area contributed by atoms with Gasteiger partial charge in [0.25, 0.3) is 0 Å². The molecule has 2 aliphatic rings. The number of carbonyl (C=O) groups is 1. The summed E-state index contributed by atoms with van der Waals surface area (Å²) in [5.74, 6) is 0.0808. The monoisotopic (exact) mass is 328 g/mol. The second-order valence-corrected chi connectivity index (χ2v) is 8.35. The molecule has 0 heterocycles. The molecule has 3 N–H and O–H groups in total. The molecule has 0 radical (unpaired) electrons. The number of nitrogens with two attached hydrogens (primary N) is 1. The van der Waals surface area contributed by atoms with Crippen molar-refractivity contribution in [1.82, 2.24) is 5.32 Å². The number of amides is 1. The zero-order valence-electron chi connectivity index (χ0n) is 13.1. The number of thiocarbonyl (C=S) groups is 1. The molecule has 3 nitrogen and oxygen atoms in total. The fourth-order valence-electron chi connectivity index (χ4n) is 3.80. The Morgan fingerprint density at radius 2 is 1.62 bits per heavy atom. The molecule has 0 aromatic rings. The van der Waals surface area contributed by atoms with Gasteiger partial charge in [0.2, 0.25) is 5.91 Å². The van der Waals surface area contributed by atoms with E-state index in [9.17, 15) is 4.79 Å². The van der Waals surface area contributed by atoms with Crippen molar-refractivity contribution in [2.24, 2.45) is 11.1 Å². The highest BCUT2D eigenvalue weighted by Gasteiger charge is 2.42. The molecule has 0 aliphatic heterocycles. The average Bonchev–Trinajstić information content (AvgIpc) is 2.80. The van der Waals surface area contributed by atoms with Gasteiger partial charge in [0.1, 0.15) is 0 Å². The first-order valence-electron chi connectivity index (χ1n) is 8.18. The topological polar surface area (TPSA) is 55.1 Å². The Hall–Kier alpha value is -0.290. The molecule has 0 bridgehead atoms. The fourth-order valence-corrected chi connectivity index (χ4v) is 5.01. The van der Waals surface area contributed by atoms with E-state index in [1.54, 1.807) is 0 Å². The number of nitrogens with one attached hydrogen (secondary N) is 1. The summed E-state index contributed by atoms with van der Waals surface area (Å²) < 4.78 is 0.234. The third-order valence-corrected chi connectivity index (χ3v) is 7.19. The van der Waals surface area contributed by atoms with Crippen LogP contribution < -0.4 is 11.1 Å². The number of hydrogen-bond donors (Lipinski definition) is 2. The van der Waals surface area contributed by atoms with Crippen LogP contribution in [0.15, 0.2) is 0 Å². The summed E-state index contributed by atoms with van der Waals surface area (Å²) in [4.78, 5) is 13.2. The van der Waals surface area contributed by atoms with E-state index < -0.39 is 5.41 Å². The van der Waals surface area contributed by atoms with Crippen LogP contribution in [-0.2, 0) is 4.79 Å². The third-order valence-electron chi connectivity index (χ3n) is 5.38. The van der Waals surface area contributed by atoms with Crippen LogP contribution in [0.5, 0.6) is 0 Å². The molecule has 2 saturated carbocycles. The van der Waals surface area contributed by atoms with Crippen molar-refractivity contribution in [3.63, 3.8) is 0 Å². The lowest BCUT2D eigenvalue weighted by Gasteiger charge is -2.33. The Bertz CT molecular complexity index is 384. The number of carbonyl (C=O) groups excluding carboxylic acids is 1. The zero-order chi connectivity index (χ0) is 15.3. The van der Waals surface area contributed by atoms with Gasteiger partial charge in [-0.1, -0.05) is 50.7 Å². The first kappa shape index (κ1) is 17.1. The van der Waals surface area contributed by atoms with Gasteiger partial charge in [-0.15, -0.1) is 0 Å². The van der Waals surface area contributed by atoms with Crippen molar-refractivity contribution < 1.29 is 4.79 Å². The maximum Gasteiger partial charge on any atom is 0.233 e. The van der Waals surface area contributed by atoms with Crippen LogP contribution in [0.4, 0.5) is 0 Å². The third kappa shape index (κ3) is 3.73. The smallest absolute Gasteiger partial charge is 0.233 e. The second kappa shape index (κ2) is 7.32. The quantitative estimate of drug-likeness (QED) is 0.600. The van der Waals surface area contributed by atoms with E-state index in [2.05, 4.69) is 11.6 Å². The summed E-state index contributed by atoms with van der Waals surface area (Å²) in [6.07, 6.45) is 13.2. The lowest BCUT2D eigenvalue weighted by Crippen LogP contribution is -2.51. The minimum absolute atomic E-state index is 0.0808. The van der Waals surface area contributed by atoms with Crippen LogP contribution in [0.25, 0.3) is 0 Å². The van der Waals surface area contributed by atoms with Crippen LogP contribution in [0.3, 0.4) is 0 Å². The normalized spacial score (nSPS) is 24.2. The average molecular weight is 329 g/mol. The van der Waals surface area contributed by atoms with Crippen LogP contribution in [0.1, 0.15) is 64.2 Å². The van der Waals surface area contributed by atoms with Gasteiger partial charge in [-0.3, -0.25) is 4.79 Å². The van der Waals surface area contributed by atoms with Crippen LogP contribution in [0, 0.1) is 5.41 Å². The summed E-state index contributed by atoms with van der Waals surface area (Å²) in [5.41, 5.74) is 5.39. The molecular formula is C16H28N2OS2. The molecule has 1 amide bonds. The molecule has 0 spiro atoms. The number of thioether (sulfide) groups is 1. The highest BCUT2D eigenvalue weighted by atomic mass is 32.2. The minimum Gasteiger partial charge on any atom is -0.392 e. The largest absolute Gasteiger partial charge is 0.392 e. The molecule has 5 heteroatoms. The number of hydrogen-bond acceptors (Lipinski definition) is 3. The lowest BCUT2D eigenvalue weighted by molar-refractivity contribution is -0.128. The summed E-state index contributed by atoms with van der Waals surface area (Å²) in [6.45, 7) is 0.761. The number of rotatable bonds is 5. The van der Waals surface area contributed by atoms with Crippen molar-refractivity contribution in [2.75, 3.05) is 12.8 Å². The van der Waals surface area contributed by atoms with Crippen molar-refractivity contribution in [1.29, 1.82) is 0 Å². The molecule has 120 valence electrons. The second-order valence-electron chi connectivity index (χ2n) is 6.64. The Morgan fingerprint density at radius 1 is 1.10 bits per heavy atom. The van der Waals surface area contributed by atoms with Gasteiger partial charge in [0.15, 0.2) is 0 Å². The molecule has 2 fully saturated rings. The molecule has 0 aromatic carbocycles. The Labute approximate surface area is 138 Å². The Balaban J connectivity index is 2.03. The molecule has 2 aliphatic carbocycles. The van der Waals surface area contributed by atoms with Gasteiger partial charge in [-0.25, -0.2) is 0 Å². The summed E-state index contributed by atoms with van der Waals surface area (Å²) >= 11 is 7.18. The standard InChI is InChI=1S/C16H28N2OS2/c1-21-15(8-6-7-9-15)12-18-14(19)16(13(17)20)10-4-2-3-5-11-16/h2-12H2,1H3,(H2,17,20)(H,18,19). The van der Waals surface area contributed by atoms with Gasteiger partial charge in [-0.2, -0.15) is 11.8 Å². The predicted molar refractivity (Wildman–Crippen MR) is 94.6 cm³/mol. The first-order chi connectivity index (χ1) is 10.0. The van der Waals surface area contributed by atoms with Crippen molar-refractivity contribution in [2.45, 2.75) is 69.0 Å². The Kier molecular flexibility index (Phi) is 5.95. The SMILES string of the molecule is CSC1(CNC(=O)C2(C(N)=S)CCCCCC2)CCCC1. The van der Waals surface area contributed by atoms with Gasteiger partial charge in [0.05, 0.1) is 10.4 Å². The van der Waals surface area contributed by atoms with Gasteiger partial charge in [0, 0.05) is 11.3 Å². The molecule has 0 saturated heterocycles. The van der Waals surface area contributed by atoms with E-state index in [-0.39, 0.29) is 10.7 Å². The van der Waals surface area contributed by atoms with Gasteiger partial charge < -0.3 is 11.1 Å². The molecule has 0 atom stereocenters. The van der Waals surface area contributed by atoms with Crippen molar-refractivity contribution >= 4 is 34.9 Å². The van der Waals surface area contributed by atoms with E-state index in [4.69, 9.17) is 18.0 Å². The summed E-state index contributed by atoms with van der Waals surface area (Å²) in [5, 5.41) is 3.21. The van der Waals surface area contributed by atoms with Crippen LogP contribution >= 0.6 is 24.0 Å². The van der Waals surface area contributed by atoms with E-state index in [0.717, 1.165) is 32.2 Å². The van der Waals surface area contributed by atoms with Crippen LogP contribution in [-0.4, -0.2) is 28.4 Å². The summed E-state index contributed by atoms with van der Waals surface area (Å²) in [7, 11) is 0. The maximum absolute atomic E-state index is 12.8. The minimum atomic E-state index is -0.593. The van der Waals surface area contributed by atoms with Crippen LogP contribution in [0.2, 0.25) is 0 Å². The maximum atomic E-state index is 12.8. The molecule has 0 aromatic heterocycles. The molecule has 21 heavy (non-hydrogen) atoms. The highest BCUT2D eigenvalue weighted by Crippen LogP contribution is 2.40. The predicted octanol–water partition coefficient (Wildman–Crippen LogP) is 3.41. The lowest BCUT2D eigenvalue weighted by atomic mass is 9.79. The molecular weight excluding hydrogens is 300 g/mol. The van der Waals surface area contributed by atoms with Crippen molar-refractivity contribution in [3.8, 4) is 0 Å². The highest BCUT2D eigenvalue weighted by molar-refractivity contribution is 8.00. The fraction of sp³-hybridized carbons (Fsp3) is 0.875. The Morgan fingerprint density at radius 3 is 2.10 bits per heavy atom. The molecule has 0 unspecified atom stereocenters. The van der Waals surface area contributed by atoms with E-state index >= 15 is 0 Å². The zero-order valence-corrected chi connectivity index (χ0v) is 14.7. The van der Waals surface area contributed by atoms with E-state index in [1.807, 2.05) is 11.8 Å². The van der Waals surface area contributed by atoms with Gasteiger partial charge in [-0.05, 0) is 31.9 Å². The van der Waals surface area contributed by atoms with E-state index in [1.165, 1.54) is 38.5 Å². The van der Waals surface area contributed by atoms with E-state index in [0.29, 0.717) is 4.99 Å². The van der Waals surface area contributed by atoms with Gasteiger partial charge >= 0.3 is 0 Å². The molecule has 2 rings (SSSR count). The van der Waals surface area contributed by atoms with Crippen molar-refractivity contribution in [3.05, 3.63) is 0 Å².